The van der Waals surface area contributed by atoms with E-state index in [1.54, 1.807) is 36.5 Å². The van der Waals surface area contributed by atoms with Crippen molar-refractivity contribution < 1.29 is 43.2 Å². The second-order valence-corrected chi connectivity index (χ2v) is 20.7. The molecule has 1 aromatic heterocycles. The van der Waals surface area contributed by atoms with Gasteiger partial charge in [0.1, 0.15) is 48.3 Å². The molecular formula is C48H68N16O9S2. The first-order chi connectivity index (χ1) is 35.8. The monoisotopic (exact) mass is 1080 g/mol. The molecule has 2 fully saturated rings. The lowest BCUT2D eigenvalue weighted by Gasteiger charge is -2.30. The van der Waals surface area contributed by atoms with Crippen LogP contribution in [0.5, 0.6) is 0 Å². The molecule has 2 aromatic carbocycles. The first-order valence-electron chi connectivity index (χ1n) is 24.4. The van der Waals surface area contributed by atoms with Crippen molar-refractivity contribution in [3.8, 4) is 0 Å². The van der Waals surface area contributed by atoms with Crippen molar-refractivity contribution in [3.05, 3.63) is 71.9 Å². The number of nitrogens with one attached hydrogen (secondary N) is 8. The fraction of sp³-hybridized carbons (Fsp3) is 0.479. The summed E-state index contributed by atoms with van der Waals surface area (Å²) >= 11 is 0. The van der Waals surface area contributed by atoms with E-state index in [1.807, 2.05) is 24.3 Å². The Labute approximate surface area is 441 Å². The molecule has 18 N–H and O–H groups in total. The molecular weight excluding hydrogens is 1010 g/mol. The summed E-state index contributed by atoms with van der Waals surface area (Å²) in [5.74, 6) is -7.25. The van der Waals surface area contributed by atoms with E-state index in [-0.39, 0.29) is 88.0 Å². The number of fused-ring (bicyclic) bond motifs is 2. The lowest BCUT2D eigenvalue weighted by Crippen LogP contribution is -2.60. The highest BCUT2D eigenvalue weighted by Crippen LogP contribution is 2.25. The number of benzene rings is 2. The van der Waals surface area contributed by atoms with Gasteiger partial charge >= 0.3 is 0 Å². The summed E-state index contributed by atoms with van der Waals surface area (Å²) in [6.07, 6.45) is 2.74. The first kappa shape index (κ1) is 58.3. The lowest BCUT2D eigenvalue weighted by molar-refractivity contribution is -0.142. The predicted molar refractivity (Wildman–Crippen MR) is 286 cm³/mol. The zero-order chi connectivity index (χ0) is 54.6. The Kier molecular flexibility index (Phi) is 22.4. The second-order valence-electron chi connectivity index (χ2n) is 18.1. The van der Waals surface area contributed by atoms with Gasteiger partial charge < -0.3 is 75.8 Å². The molecule has 3 aromatic rings. The topological polar surface area (TPSA) is 412 Å². The van der Waals surface area contributed by atoms with Crippen LogP contribution < -0.4 is 65.9 Å². The third-order valence-corrected chi connectivity index (χ3v) is 14.7. The number of nitrogens with two attached hydrogens (primary N) is 5. The summed E-state index contributed by atoms with van der Waals surface area (Å²) in [7, 11) is 2.07. The number of amides is 9. The van der Waals surface area contributed by atoms with Crippen molar-refractivity contribution in [2.75, 3.05) is 31.1 Å². The number of guanidine groups is 2. The summed E-state index contributed by atoms with van der Waals surface area (Å²) < 4.78 is 0. The van der Waals surface area contributed by atoms with Gasteiger partial charge in [0.2, 0.25) is 53.2 Å². The molecule has 25 nitrogen and oxygen atoms in total. The number of nitrogens with zero attached hydrogens (tertiary/aromatic N) is 3. The molecule has 3 heterocycles. The molecule has 0 radical (unpaired) electrons. The molecule has 0 aliphatic carbocycles. The fourth-order valence-corrected chi connectivity index (χ4v) is 10.8. The van der Waals surface area contributed by atoms with E-state index in [0.717, 1.165) is 32.5 Å². The summed E-state index contributed by atoms with van der Waals surface area (Å²) in [4.78, 5) is 138. The minimum atomic E-state index is -1.36. The van der Waals surface area contributed by atoms with Gasteiger partial charge in [-0.25, -0.2) is 0 Å². The number of hydrogen-bond acceptors (Lipinski definition) is 13. The molecule has 2 saturated heterocycles. The van der Waals surface area contributed by atoms with E-state index in [0.29, 0.717) is 17.5 Å². The van der Waals surface area contributed by atoms with E-state index in [2.05, 4.69) is 52.2 Å². The van der Waals surface area contributed by atoms with Crippen molar-refractivity contribution >= 4 is 97.6 Å². The molecule has 0 bridgehead atoms. The minimum absolute atomic E-state index is 0.0250. The Morgan fingerprint density at radius 3 is 2.04 bits per heavy atom. The first-order valence-corrected chi connectivity index (χ1v) is 26.9. The summed E-state index contributed by atoms with van der Waals surface area (Å²) in [6, 6.07) is 6.05. The van der Waals surface area contributed by atoms with E-state index < -0.39 is 101 Å². The largest absolute Gasteiger partial charge is 0.370 e. The second kappa shape index (κ2) is 28.8. The van der Waals surface area contributed by atoms with Crippen molar-refractivity contribution in [1.82, 2.24) is 47.1 Å². The van der Waals surface area contributed by atoms with Gasteiger partial charge in [-0.2, -0.15) is 0 Å². The maximum atomic E-state index is 14.6. The number of para-hydroxylation sites is 1. The number of carbonyl (C=O) groups excluding carboxylic acids is 9. The molecule has 0 saturated carbocycles. The zero-order valence-corrected chi connectivity index (χ0v) is 43.4. The number of primary amides is 1. The van der Waals surface area contributed by atoms with E-state index in [9.17, 15) is 43.2 Å². The number of carbonyl (C=O) groups is 9. The van der Waals surface area contributed by atoms with Crippen LogP contribution in [-0.4, -0.2) is 154 Å². The van der Waals surface area contributed by atoms with Gasteiger partial charge in [0.25, 0.3) is 0 Å². The maximum Gasteiger partial charge on any atom is 0.245 e. The van der Waals surface area contributed by atoms with Gasteiger partial charge in [-0.1, -0.05) is 70.1 Å². The number of hydrogen-bond donors (Lipinski definition) is 13. The molecule has 9 amide bonds. The number of aromatic nitrogens is 1. The number of rotatable bonds is 16. The van der Waals surface area contributed by atoms with E-state index >= 15 is 0 Å². The zero-order valence-electron chi connectivity index (χ0n) is 41.8. The molecule has 2 aliphatic rings. The highest BCUT2D eigenvalue weighted by Gasteiger charge is 2.39. The summed E-state index contributed by atoms with van der Waals surface area (Å²) in [5.41, 5.74) is 29.9. The van der Waals surface area contributed by atoms with Crippen molar-refractivity contribution in [1.29, 1.82) is 0 Å². The molecule has 27 heteroatoms. The molecule has 8 atom stereocenters. The SMILES string of the molecule is CC(=O)N[C@@H](CCCN=C(N)N)C(=O)N[C@H]1CSSC[C@@H](C(N)=O)NC(=O)[C@H](Cc2c[nH]c3ccccc23)NC(=O)[C@H](CCCN=C(N)N)NC(=O)[C@@H](Cc2ccccc2)NC(=O)[C@H]2CCCN2C(=O)[C@@H](C)NC1=O. The van der Waals surface area contributed by atoms with Crippen molar-refractivity contribution in [2.24, 2.45) is 38.7 Å². The Hall–Kier alpha value is -7.55. The molecule has 0 unspecified atom stereocenters. The average Bonchev–Trinajstić information content (AvgIpc) is 4.03. The van der Waals surface area contributed by atoms with Crippen LogP contribution in [0.2, 0.25) is 0 Å². The number of aliphatic imine (C=N–C) groups is 2. The van der Waals surface area contributed by atoms with Crippen LogP contribution in [0, 0.1) is 0 Å². The average molecular weight is 1080 g/mol. The van der Waals surface area contributed by atoms with E-state index in [1.165, 1.54) is 18.7 Å². The summed E-state index contributed by atoms with van der Waals surface area (Å²) in [6.45, 7) is 3.02. The number of aromatic amines is 1. The van der Waals surface area contributed by atoms with Crippen molar-refractivity contribution in [3.63, 3.8) is 0 Å². The Morgan fingerprint density at radius 2 is 1.35 bits per heavy atom. The third-order valence-electron chi connectivity index (χ3n) is 12.3. The fourth-order valence-electron chi connectivity index (χ4n) is 8.47. The van der Waals surface area contributed by atoms with Gasteiger partial charge in [-0.3, -0.25) is 53.1 Å². The van der Waals surface area contributed by atoms with Gasteiger partial charge in [0, 0.05) is 68.0 Å². The Bertz CT molecular complexity index is 2570. The molecule has 2 aliphatic heterocycles. The number of H-pyrrole nitrogens is 1. The normalized spacial score (nSPS) is 23.0. The molecule has 406 valence electrons. The highest BCUT2D eigenvalue weighted by molar-refractivity contribution is 8.76. The van der Waals surface area contributed by atoms with Crippen LogP contribution in [0.1, 0.15) is 63.5 Å². The standard InChI is InChI=1S/C48H68N16O9S2/c1-26-46(73)64-20-10-17-38(64)45(72)61-34(21-28-11-4-3-5-12-28)42(69)59-33(16-9-19-55-48(52)53)41(68)60-35(22-29-23-56-31-14-7-6-13-30(29)31)43(70)62-36(39(49)66)24-74-75-25-37(44(71)57-26)63-40(67)32(58-27(2)65)15-8-18-54-47(50)51/h3-7,11-14,23,26,32-38,56H,8-10,15-22,24-25H2,1-2H3,(H2,49,66)(H,57,71)(H,58,65)(H,59,69)(H,60,68)(H,61,72)(H,62,70)(H,63,67)(H4,50,51,54)(H4,52,53,55)/t26-,32+,33+,34-,35+,36+,37+,38-/m1/s1. The quantitative estimate of drug-likeness (QED) is 0.0302. The molecule has 0 spiro atoms. The lowest BCUT2D eigenvalue weighted by atomic mass is 10.0. The van der Waals surface area contributed by atoms with Crippen LogP contribution in [0.25, 0.3) is 10.9 Å². The molecule has 5 rings (SSSR count). The Balaban J connectivity index is 1.52. The van der Waals surface area contributed by atoms with Crippen LogP contribution in [-0.2, 0) is 56.0 Å². The van der Waals surface area contributed by atoms with E-state index in [4.69, 9.17) is 28.7 Å². The predicted octanol–water partition coefficient (Wildman–Crippen LogP) is -2.64. The van der Waals surface area contributed by atoms with Crippen LogP contribution in [0.4, 0.5) is 0 Å². The molecule has 75 heavy (non-hydrogen) atoms. The van der Waals surface area contributed by atoms with Gasteiger partial charge in [-0.15, -0.1) is 0 Å². The maximum absolute atomic E-state index is 14.6. The van der Waals surface area contributed by atoms with Crippen LogP contribution >= 0.6 is 21.6 Å². The van der Waals surface area contributed by atoms with Gasteiger partial charge in [0.15, 0.2) is 11.9 Å². The van der Waals surface area contributed by atoms with Gasteiger partial charge in [0.05, 0.1) is 0 Å². The van der Waals surface area contributed by atoms with Crippen molar-refractivity contribution in [2.45, 2.75) is 114 Å². The highest BCUT2D eigenvalue weighted by atomic mass is 33.1. The van der Waals surface area contributed by atoms with Gasteiger partial charge in [-0.05, 0) is 62.6 Å². The third kappa shape index (κ3) is 18.1. The summed E-state index contributed by atoms with van der Waals surface area (Å²) in [5, 5.41) is 19.7. The minimum Gasteiger partial charge on any atom is -0.370 e. The smallest absolute Gasteiger partial charge is 0.245 e. The van der Waals surface area contributed by atoms with Crippen LogP contribution in [0.15, 0.2) is 70.8 Å². The van der Waals surface area contributed by atoms with Crippen LogP contribution in [0.3, 0.4) is 0 Å². The Morgan fingerprint density at radius 1 is 0.733 bits per heavy atom.